The lowest BCUT2D eigenvalue weighted by Gasteiger charge is -2.32. The van der Waals surface area contributed by atoms with Gasteiger partial charge in [0.2, 0.25) is 11.8 Å². The quantitative estimate of drug-likeness (QED) is 0.481. The minimum atomic E-state index is -0.700. The van der Waals surface area contributed by atoms with Crippen LogP contribution >= 0.6 is 46.4 Å². The molecule has 1 N–H and O–H groups in total. The summed E-state index contributed by atoms with van der Waals surface area (Å²) < 4.78 is 0. The molecular formula is C22H24Cl4N2O2. The lowest BCUT2D eigenvalue weighted by molar-refractivity contribution is -0.141. The van der Waals surface area contributed by atoms with Crippen molar-refractivity contribution in [3.8, 4) is 0 Å². The molecule has 0 bridgehead atoms. The molecule has 8 heteroatoms. The number of carbonyl (C=O) groups is 2. The summed E-state index contributed by atoms with van der Waals surface area (Å²) in [6.45, 7) is 5.67. The van der Waals surface area contributed by atoms with Crippen LogP contribution in [0.25, 0.3) is 0 Å². The van der Waals surface area contributed by atoms with Crippen LogP contribution in [-0.2, 0) is 22.6 Å². The molecule has 0 fully saturated rings. The summed E-state index contributed by atoms with van der Waals surface area (Å²) in [6.07, 6.45) is 0.370. The van der Waals surface area contributed by atoms with Crippen LogP contribution in [0.4, 0.5) is 0 Å². The lowest BCUT2D eigenvalue weighted by atomic mass is 10.1. The summed E-state index contributed by atoms with van der Waals surface area (Å²) in [5.74, 6) is -0.541. The van der Waals surface area contributed by atoms with Crippen LogP contribution in [0.1, 0.15) is 38.3 Å². The topological polar surface area (TPSA) is 49.4 Å². The third-order valence-electron chi connectivity index (χ3n) is 4.60. The Bertz CT molecular complexity index is 878. The van der Waals surface area contributed by atoms with Gasteiger partial charge in [-0.3, -0.25) is 9.59 Å². The van der Waals surface area contributed by atoms with Gasteiger partial charge in [0.05, 0.1) is 6.42 Å². The van der Waals surface area contributed by atoms with E-state index in [2.05, 4.69) is 5.32 Å². The summed E-state index contributed by atoms with van der Waals surface area (Å²) in [4.78, 5) is 27.7. The van der Waals surface area contributed by atoms with E-state index >= 15 is 0 Å². The van der Waals surface area contributed by atoms with Gasteiger partial charge in [0.15, 0.2) is 0 Å². The molecule has 0 saturated carbocycles. The van der Waals surface area contributed by atoms with Crippen LogP contribution < -0.4 is 5.32 Å². The highest BCUT2D eigenvalue weighted by atomic mass is 35.5. The van der Waals surface area contributed by atoms with E-state index in [-0.39, 0.29) is 30.8 Å². The zero-order valence-corrected chi connectivity index (χ0v) is 20.0. The molecule has 0 radical (unpaired) electrons. The number of hydrogen-bond donors (Lipinski definition) is 1. The van der Waals surface area contributed by atoms with E-state index in [0.29, 0.717) is 37.6 Å². The molecule has 0 aliphatic heterocycles. The van der Waals surface area contributed by atoms with Crippen molar-refractivity contribution >= 4 is 58.2 Å². The number of carbonyl (C=O) groups excluding carboxylic acids is 2. The number of amides is 2. The zero-order chi connectivity index (χ0) is 22.4. The van der Waals surface area contributed by atoms with Crippen LogP contribution in [0.3, 0.4) is 0 Å². The number of nitrogens with zero attached hydrogens (tertiary/aromatic N) is 1. The first-order chi connectivity index (χ1) is 14.1. The number of nitrogens with one attached hydrogen (secondary N) is 1. The van der Waals surface area contributed by atoms with Crippen molar-refractivity contribution < 1.29 is 9.59 Å². The SMILES string of the molecule is CC[C@@H](C(=O)NC(C)C)N(Cc1c(Cl)cccc1Cl)C(=O)Cc1c(Cl)cccc1Cl. The van der Waals surface area contributed by atoms with Gasteiger partial charge in [-0.15, -0.1) is 0 Å². The largest absolute Gasteiger partial charge is 0.352 e. The molecule has 2 rings (SSSR count). The molecule has 1 atom stereocenters. The Morgan fingerprint density at radius 3 is 1.80 bits per heavy atom. The monoisotopic (exact) mass is 488 g/mol. The van der Waals surface area contributed by atoms with Gasteiger partial charge in [0.25, 0.3) is 0 Å². The third-order valence-corrected chi connectivity index (χ3v) is 6.01. The first-order valence-corrected chi connectivity index (χ1v) is 11.1. The number of benzene rings is 2. The predicted octanol–water partition coefficient (Wildman–Crippen LogP) is 6.17. The molecule has 0 saturated heterocycles. The molecule has 2 aromatic carbocycles. The Morgan fingerprint density at radius 1 is 0.900 bits per heavy atom. The smallest absolute Gasteiger partial charge is 0.243 e. The summed E-state index contributed by atoms with van der Waals surface area (Å²) in [5.41, 5.74) is 1.09. The van der Waals surface area contributed by atoms with Gasteiger partial charge in [-0.05, 0) is 50.1 Å². The van der Waals surface area contributed by atoms with Gasteiger partial charge >= 0.3 is 0 Å². The highest BCUT2D eigenvalue weighted by molar-refractivity contribution is 6.36. The van der Waals surface area contributed by atoms with E-state index in [9.17, 15) is 9.59 Å². The summed E-state index contributed by atoms with van der Waals surface area (Å²) in [5, 5.41) is 4.52. The minimum Gasteiger partial charge on any atom is -0.352 e. The molecule has 0 spiro atoms. The van der Waals surface area contributed by atoms with Gasteiger partial charge in [-0.2, -0.15) is 0 Å². The highest BCUT2D eigenvalue weighted by Gasteiger charge is 2.30. The van der Waals surface area contributed by atoms with E-state index in [1.54, 1.807) is 36.4 Å². The average molecular weight is 490 g/mol. The van der Waals surface area contributed by atoms with Crippen molar-refractivity contribution in [2.24, 2.45) is 0 Å². The van der Waals surface area contributed by atoms with E-state index in [1.165, 1.54) is 4.90 Å². The molecule has 0 aromatic heterocycles. The van der Waals surface area contributed by atoms with Crippen molar-refractivity contribution in [1.82, 2.24) is 10.2 Å². The minimum absolute atomic E-state index is 0.0496. The molecule has 0 heterocycles. The number of halogens is 4. The second-order valence-corrected chi connectivity index (χ2v) is 8.81. The maximum atomic E-state index is 13.4. The van der Waals surface area contributed by atoms with Crippen LogP contribution in [0, 0.1) is 0 Å². The number of rotatable bonds is 8. The van der Waals surface area contributed by atoms with Crippen molar-refractivity contribution in [1.29, 1.82) is 0 Å². The second-order valence-electron chi connectivity index (χ2n) is 7.19. The standard InChI is InChI=1S/C22H24Cl4N2O2/c1-4-20(22(30)27-13(2)3)28(12-15-18(25)9-6-10-19(15)26)21(29)11-14-16(23)7-5-8-17(14)24/h5-10,13,20H,4,11-12H2,1-3H3,(H,27,30)/t20-/m0/s1. The first kappa shape index (κ1) is 24.8. The number of hydrogen-bond acceptors (Lipinski definition) is 2. The zero-order valence-electron chi connectivity index (χ0n) is 17.0. The van der Waals surface area contributed by atoms with E-state index in [1.807, 2.05) is 20.8 Å². The fraction of sp³-hybridized carbons (Fsp3) is 0.364. The molecular weight excluding hydrogens is 466 g/mol. The Balaban J connectivity index is 2.43. The molecule has 162 valence electrons. The van der Waals surface area contributed by atoms with Gasteiger partial charge < -0.3 is 10.2 Å². The van der Waals surface area contributed by atoms with Crippen LogP contribution in [0.2, 0.25) is 20.1 Å². The van der Waals surface area contributed by atoms with Gasteiger partial charge in [-0.25, -0.2) is 0 Å². The lowest BCUT2D eigenvalue weighted by Crippen LogP contribution is -2.50. The summed E-state index contributed by atoms with van der Waals surface area (Å²) >= 11 is 25.2. The highest BCUT2D eigenvalue weighted by Crippen LogP contribution is 2.29. The van der Waals surface area contributed by atoms with Crippen molar-refractivity contribution in [2.45, 2.75) is 52.2 Å². The van der Waals surface area contributed by atoms with Crippen LogP contribution in [0.15, 0.2) is 36.4 Å². The predicted molar refractivity (Wildman–Crippen MR) is 125 cm³/mol. The van der Waals surface area contributed by atoms with Crippen molar-refractivity contribution in [3.63, 3.8) is 0 Å². The van der Waals surface area contributed by atoms with Gasteiger partial charge in [0, 0.05) is 38.2 Å². The first-order valence-electron chi connectivity index (χ1n) is 9.61. The third kappa shape index (κ3) is 6.27. The van der Waals surface area contributed by atoms with E-state index in [0.717, 1.165) is 0 Å². The average Bonchev–Trinajstić information content (AvgIpc) is 2.66. The maximum absolute atomic E-state index is 13.4. The summed E-state index contributed by atoms with van der Waals surface area (Å²) in [7, 11) is 0. The molecule has 2 amide bonds. The van der Waals surface area contributed by atoms with Crippen molar-refractivity contribution in [2.75, 3.05) is 0 Å². The van der Waals surface area contributed by atoms with E-state index in [4.69, 9.17) is 46.4 Å². The van der Waals surface area contributed by atoms with Crippen LogP contribution in [0.5, 0.6) is 0 Å². The fourth-order valence-electron chi connectivity index (χ4n) is 3.11. The Kier molecular flexibility index (Phi) is 9.30. The Labute approximate surface area is 197 Å². The molecule has 0 unspecified atom stereocenters. The van der Waals surface area contributed by atoms with Gasteiger partial charge in [-0.1, -0.05) is 65.5 Å². The molecule has 4 nitrogen and oxygen atoms in total. The molecule has 2 aromatic rings. The van der Waals surface area contributed by atoms with E-state index < -0.39 is 6.04 Å². The summed E-state index contributed by atoms with van der Waals surface area (Å²) in [6, 6.07) is 9.43. The Hall–Kier alpha value is -1.46. The van der Waals surface area contributed by atoms with Gasteiger partial charge in [0.1, 0.15) is 6.04 Å². The molecule has 0 aliphatic rings. The fourth-order valence-corrected chi connectivity index (χ4v) is 4.16. The maximum Gasteiger partial charge on any atom is 0.243 e. The second kappa shape index (κ2) is 11.2. The van der Waals surface area contributed by atoms with Crippen molar-refractivity contribution in [3.05, 3.63) is 67.6 Å². The normalized spacial score (nSPS) is 12.0. The van der Waals surface area contributed by atoms with Crippen LogP contribution in [-0.4, -0.2) is 28.8 Å². The Morgan fingerprint density at radius 2 is 1.37 bits per heavy atom. The molecule has 30 heavy (non-hydrogen) atoms. The molecule has 0 aliphatic carbocycles.